The highest BCUT2D eigenvalue weighted by Crippen LogP contribution is 2.27. The number of carbonyl (C=O) groups excluding carboxylic acids is 3. The molecule has 1 aliphatic rings. The molecule has 0 saturated carbocycles. The summed E-state index contributed by atoms with van der Waals surface area (Å²) in [5, 5.41) is 3.11. The predicted octanol–water partition coefficient (Wildman–Crippen LogP) is 1.93. The number of aromatic nitrogens is 2. The van der Waals surface area contributed by atoms with Crippen LogP contribution in [0.15, 0.2) is 4.79 Å². The fraction of sp³-hybridized carbons (Fsp3) is 0.500. The van der Waals surface area contributed by atoms with Gasteiger partial charge in [0.05, 0.1) is 5.39 Å². The highest BCUT2D eigenvalue weighted by atomic mass is 32.1. The van der Waals surface area contributed by atoms with E-state index in [1.165, 1.54) is 11.3 Å². The van der Waals surface area contributed by atoms with Crippen LogP contribution in [0.25, 0.3) is 10.2 Å². The van der Waals surface area contributed by atoms with E-state index < -0.39 is 36.1 Å². The lowest BCUT2D eigenvalue weighted by Gasteiger charge is -2.19. The first kappa shape index (κ1) is 20.0. The van der Waals surface area contributed by atoms with E-state index in [9.17, 15) is 19.2 Å². The van der Waals surface area contributed by atoms with Gasteiger partial charge in [-0.15, -0.1) is 11.3 Å². The van der Waals surface area contributed by atoms with Crippen molar-refractivity contribution < 1.29 is 19.1 Å². The topological polar surface area (TPSA) is 121 Å². The minimum absolute atomic E-state index is 0.211. The van der Waals surface area contributed by atoms with Crippen LogP contribution in [-0.4, -0.2) is 44.9 Å². The van der Waals surface area contributed by atoms with Gasteiger partial charge in [-0.25, -0.2) is 9.78 Å². The van der Waals surface area contributed by atoms with Gasteiger partial charge < -0.3 is 15.0 Å². The van der Waals surface area contributed by atoms with Gasteiger partial charge in [0.25, 0.3) is 11.5 Å². The van der Waals surface area contributed by atoms with Gasteiger partial charge in [-0.3, -0.25) is 19.3 Å². The van der Waals surface area contributed by atoms with E-state index in [0.717, 1.165) is 15.3 Å². The maximum atomic E-state index is 12.4. The number of esters is 1. The van der Waals surface area contributed by atoms with Gasteiger partial charge >= 0.3 is 12.0 Å². The molecule has 0 radical (unpaired) electrons. The summed E-state index contributed by atoms with van der Waals surface area (Å²) in [4.78, 5) is 58.4. The summed E-state index contributed by atoms with van der Waals surface area (Å²) < 4.78 is 5.30. The van der Waals surface area contributed by atoms with Crippen molar-refractivity contribution in [3.05, 3.63) is 26.6 Å². The van der Waals surface area contributed by atoms with Crippen LogP contribution in [-0.2, 0) is 14.3 Å². The molecule has 2 aromatic rings. The Balaban J connectivity index is 1.75. The number of hydrogen-bond acceptors (Lipinski definition) is 7. The van der Waals surface area contributed by atoms with E-state index >= 15 is 0 Å². The van der Waals surface area contributed by atoms with E-state index in [-0.39, 0.29) is 11.4 Å². The monoisotopic (exact) mass is 406 g/mol. The molecule has 1 fully saturated rings. The number of carbonyl (C=O) groups is 3. The summed E-state index contributed by atoms with van der Waals surface area (Å²) in [6.07, 6.45) is -0.435. The van der Waals surface area contributed by atoms with E-state index in [2.05, 4.69) is 15.3 Å². The SMILES string of the molecule is CC[C@]1(C)NC(=O)N(CC(=O)O[C@H](C)c2nc3sc(C)c(C)c3c(=O)[nH]2)C1=O. The van der Waals surface area contributed by atoms with Crippen molar-refractivity contribution in [2.45, 2.75) is 52.7 Å². The number of rotatable bonds is 5. The number of thiophene rings is 1. The van der Waals surface area contributed by atoms with Gasteiger partial charge in [0.2, 0.25) is 0 Å². The number of amides is 3. The fourth-order valence-electron chi connectivity index (χ4n) is 3.01. The van der Waals surface area contributed by atoms with Crippen LogP contribution in [0.5, 0.6) is 0 Å². The molecule has 0 bridgehead atoms. The quantitative estimate of drug-likeness (QED) is 0.578. The molecule has 0 aliphatic carbocycles. The van der Waals surface area contributed by atoms with Crippen molar-refractivity contribution in [1.82, 2.24) is 20.2 Å². The Kier molecular flexibility index (Phi) is 5.00. The molecule has 2 aromatic heterocycles. The molecule has 2 N–H and O–H groups in total. The van der Waals surface area contributed by atoms with Crippen molar-refractivity contribution in [2.75, 3.05) is 6.54 Å². The molecule has 1 aliphatic heterocycles. The first-order valence-corrected chi connectivity index (χ1v) is 9.72. The molecule has 3 rings (SSSR count). The van der Waals surface area contributed by atoms with Gasteiger partial charge in [0.1, 0.15) is 16.9 Å². The van der Waals surface area contributed by atoms with Crippen molar-refractivity contribution in [1.29, 1.82) is 0 Å². The largest absolute Gasteiger partial charge is 0.453 e. The van der Waals surface area contributed by atoms with Crippen molar-refractivity contribution in [3.8, 4) is 0 Å². The number of imide groups is 1. The number of ether oxygens (including phenoxy) is 1. The van der Waals surface area contributed by atoms with E-state index in [1.54, 1.807) is 20.8 Å². The highest BCUT2D eigenvalue weighted by Gasteiger charge is 2.47. The summed E-state index contributed by atoms with van der Waals surface area (Å²) >= 11 is 1.39. The Bertz CT molecular complexity index is 1040. The molecule has 28 heavy (non-hydrogen) atoms. The molecule has 150 valence electrons. The second-order valence-corrected chi connectivity index (χ2v) is 8.26. The normalized spacial score (nSPS) is 20.5. The second kappa shape index (κ2) is 7.01. The number of aryl methyl sites for hydroxylation is 2. The number of fused-ring (bicyclic) bond motifs is 1. The van der Waals surface area contributed by atoms with Crippen molar-refractivity contribution in [3.63, 3.8) is 0 Å². The Morgan fingerprint density at radius 3 is 2.61 bits per heavy atom. The van der Waals surface area contributed by atoms with Crippen molar-refractivity contribution >= 4 is 39.5 Å². The Morgan fingerprint density at radius 2 is 2.00 bits per heavy atom. The van der Waals surface area contributed by atoms with Gasteiger partial charge in [-0.05, 0) is 39.7 Å². The average Bonchev–Trinajstić information content (AvgIpc) is 3.03. The smallest absolute Gasteiger partial charge is 0.326 e. The molecule has 0 aromatic carbocycles. The number of hydrogen-bond donors (Lipinski definition) is 2. The fourth-order valence-corrected chi connectivity index (χ4v) is 4.05. The third-order valence-corrected chi connectivity index (χ3v) is 6.19. The Hall–Kier alpha value is -2.75. The summed E-state index contributed by atoms with van der Waals surface area (Å²) in [5.41, 5.74) is -0.435. The third kappa shape index (κ3) is 3.28. The highest BCUT2D eigenvalue weighted by molar-refractivity contribution is 7.18. The van der Waals surface area contributed by atoms with E-state index in [0.29, 0.717) is 16.6 Å². The molecule has 3 heterocycles. The zero-order chi connectivity index (χ0) is 20.8. The lowest BCUT2D eigenvalue weighted by molar-refractivity contribution is -0.152. The molecule has 10 heteroatoms. The molecule has 1 saturated heterocycles. The van der Waals surface area contributed by atoms with Crippen LogP contribution in [0.1, 0.15) is 49.6 Å². The van der Waals surface area contributed by atoms with Crippen LogP contribution in [0.2, 0.25) is 0 Å². The molecular formula is C18H22N4O5S. The molecular weight excluding hydrogens is 384 g/mol. The van der Waals surface area contributed by atoms with Crippen LogP contribution in [0.4, 0.5) is 4.79 Å². The summed E-state index contributed by atoms with van der Waals surface area (Å²) in [6, 6.07) is -0.628. The lowest BCUT2D eigenvalue weighted by Crippen LogP contribution is -2.43. The summed E-state index contributed by atoms with van der Waals surface area (Å²) in [5.74, 6) is -1.03. The minimum Gasteiger partial charge on any atom is -0.453 e. The molecule has 0 spiro atoms. The number of nitrogens with one attached hydrogen (secondary N) is 2. The first-order chi connectivity index (χ1) is 13.1. The minimum atomic E-state index is -1.02. The van der Waals surface area contributed by atoms with Gasteiger partial charge in [-0.1, -0.05) is 6.92 Å². The van der Waals surface area contributed by atoms with Crippen LogP contribution in [0.3, 0.4) is 0 Å². The average molecular weight is 406 g/mol. The van der Waals surface area contributed by atoms with Crippen LogP contribution >= 0.6 is 11.3 Å². The van der Waals surface area contributed by atoms with Crippen LogP contribution in [0, 0.1) is 13.8 Å². The molecule has 0 unspecified atom stereocenters. The summed E-state index contributed by atoms with van der Waals surface area (Å²) in [7, 11) is 0. The Morgan fingerprint density at radius 1 is 1.32 bits per heavy atom. The van der Waals surface area contributed by atoms with Gasteiger partial charge in [0.15, 0.2) is 11.9 Å². The molecule has 2 atom stereocenters. The maximum Gasteiger partial charge on any atom is 0.326 e. The molecule has 3 amide bonds. The lowest BCUT2D eigenvalue weighted by atomic mass is 9.99. The number of aromatic amines is 1. The van der Waals surface area contributed by atoms with Gasteiger partial charge in [-0.2, -0.15) is 0 Å². The number of nitrogens with zero attached hydrogens (tertiary/aromatic N) is 2. The van der Waals surface area contributed by atoms with Gasteiger partial charge in [0, 0.05) is 4.88 Å². The van der Waals surface area contributed by atoms with E-state index in [4.69, 9.17) is 4.74 Å². The van der Waals surface area contributed by atoms with Crippen LogP contribution < -0.4 is 10.9 Å². The zero-order valence-corrected chi connectivity index (χ0v) is 17.2. The zero-order valence-electron chi connectivity index (χ0n) is 16.3. The van der Waals surface area contributed by atoms with E-state index in [1.807, 2.05) is 13.8 Å². The maximum absolute atomic E-state index is 12.4. The Labute approximate surface area is 165 Å². The second-order valence-electron chi connectivity index (χ2n) is 7.05. The summed E-state index contributed by atoms with van der Waals surface area (Å²) in [6.45, 7) is 8.21. The van der Waals surface area contributed by atoms with Crippen molar-refractivity contribution in [2.24, 2.45) is 0 Å². The first-order valence-electron chi connectivity index (χ1n) is 8.91. The predicted molar refractivity (Wildman–Crippen MR) is 103 cm³/mol. The number of urea groups is 1. The molecule has 9 nitrogen and oxygen atoms in total. The standard InChI is InChI=1S/C18H22N4O5S/c1-6-18(5)16(25)22(17(26)21-18)7-11(23)27-9(3)13-19-14(24)12-8(2)10(4)28-15(12)20-13/h9H,6-7H2,1-5H3,(H,21,26)(H,19,20,24)/t9-,18+/m1/s1. The third-order valence-electron chi connectivity index (χ3n) is 5.09. The number of H-pyrrole nitrogens is 1.